The standard InChI is InChI=1S/C6H5N2O/c1-2-4-6-5(3-1)7-8-9-6/h1-4,8H. The molecule has 45 valence electrons. The van der Waals surface area contributed by atoms with E-state index >= 15 is 0 Å². The third-order valence-corrected chi connectivity index (χ3v) is 1.19. The summed E-state index contributed by atoms with van der Waals surface area (Å²) in [5, 5.41) is 0. The molecule has 0 fully saturated rings. The third kappa shape index (κ3) is 0.622. The van der Waals surface area contributed by atoms with Gasteiger partial charge in [-0.3, -0.25) is 0 Å². The number of para-hydroxylation sites is 2. The zero-order chi connectivity index (χ0) is 6.10. The van der Waals surface area contributed by atoms with Gasteiger partial charge < -0.3 is 4.84 Å². The lowest BCUT2D eigenvalue weighted by Crippen LogP contribution is -2.15. The molecule has 0 bridgehead atoms. The van der Waals surface area contributed by atoms with E-state index in [9.17, 15) is 0 Å². The van der Waals surface area contributed by atoms with Gasteiger partial charge in [0, 0.05) is 0 Å². The molecule has 0 aliphatic carbocycles. The molecule has 1 aliphatic heterocycles. The van der Waals surface area contributed by atoms with Gasteiger partial charge in [0.1, 0.15) is 5.69 Å². The minimum atomic E-state index is 0.789. The fourth-order valence-electron chi connectivity index (χ4n) is 0.757. The Labute approximate surface area is 52.6 Å². The van der Waals surface area contributed by atoms with E-state index in [4.69, 9.17) is 4.84 Å². The van der Waals surface area contributed by atoms with Crippen molar-refractivity contribution in [2.75, 3.05) is 0 Å². The second-order valence-electron chi connectivity index (χ2n) is 1.77. The first kappa shape index (κ1) is 4.64. The summed E-state index contributed by atoms with van der Waals surface area (Å²) in [5.41, 5.74) is 7.10. The molecular formula is C6H5N2O. The van der Waals surface area contributed by atoms with Gasteiger partial charge in [0.25, 0.3) is 0 Å². The van der Waals surface area contributed by atoms with Crippen LogP contribution in [0.2, 0.25) is 0 Å². The molecule has 3 heteroatoms. The van der Waals surface area contributed by atoms with E-state index < -0.39 is 0 Å². The first-order chi connectivity index (χ1) is 4.47. The van der Waals surface area contributed by atoms with Crippen molar-refractivity contribution in [2.24, 2.45) is 0 Å². The number of fused-ring (bicyclic) bond motifs is 1. The average Bonchev–Trinajstić information content (AvgIpc) is 2.33. The van der Waals surface area contributed by atoms with Gasteiger partial charge in [0.05, 0.1) is 0 Å². The monoisotopic (exact) mass is 121 g/mol. The summed E-state index contributed by atoms with van der Waals surface area (Å²) in [7, 11) is 0. The predicted molar refractivity (Wildman–Crippen MR) is 32.0 cm³/mol. The molecule has 0 saturated carbocycles. The molecule has 1 heterocycles. The number of hydrogen-bond donors (Lipinski definition) is 1. The van der Waals surface area contributed by atoms with Crippen LogP contribution in [-0.4, -0.2) is 0 Å². The maximum atomic E-state index is 4.88. The Morgan fingerprint density at radius 3 is 3.11 bits per heavy atom. The van der Waals surface area contributed by atoms with Crippen molar-refractivity contribution in [1.29, 1.82) is 0 Å². The van der Waals surface area contributed by atoms with Gasteiger partial charge in [-0.1, -0.05) is 12.1 Å². The van der Waals surface area contributed by atoms with Crippen LogP contribution in [0.1, 0.15) is 0 Å². The molecule has 3 nitrogen and oxygen atoms in total. The summed E-state index contributed by atoms with van der Waals surface area (Å²) < 4.78 is 0. The molecule has 1 N–H and O–H groups in total. The van der Waals surface area contributed by atoms with E-state index in [0.717, 1.165) is 11.4 Å². The Hall–Kier alpha value is -1.22. The van der Waals surface area contributed by atoms with Gasteiger partial charge in [0.15, 0.2) is 5.75 Å². The van der Waals surface area contributed by atoms with Crippen molar-refractivity contribution in [3.8, 4) is 5.75 Å². The Bertz CT molecular complexity index is 201. The zero-order valence-electron chi connectivity index (χ0n) is 4.66. The zero-order valence-corrected chi connectivity index (χ0v) is 4.66. The molecular weight excluding hydrogens is 116 g/mol. The van der Waals surface area contributed by atoms with Crippen molar-refractivity contribution in [2.45, 2.75) is 0 Å². The van der Waals surface area contributed by atoms with Crippen LogP contribution in [0, 0.1) is 0 Å². The molecule has 0 atom stereocenters. The van der Waals surface area contributed by atoms with E-state index in [2.05, 4.69) is 11.0 Å². The highest BCUT2D eigenvalue weighted by Crippen LogP contribution is 2.25. The Morgan fingerprint density at radius 1 is 1.33 bits per heavy atom. The predicted octanol–water partition coefficient (Wildman–Crippen LogP) is 0.734. The van der Waals surface area contributed by atoms with Crippen LogP contribution in [0.15, 0.2) is 24.3 Å². The second kappa shape index (κ2) is 1.63. The Morgan fingerprint density at radius 2 is 2.22 bits per heavy atom. The maximum absolute atomic E-state index is 4.88. The minimum absolute atomic E-state index is 0.789. The molecule has 9 heavy (non-hydrogen) atoms. The SMILES string of the molecule is c1ccc2c(c1)[N]NO2. The molecule has 0 spiro atoms. The van der Waals surface area contributed by atoms with Crippen molar-refractivity contribution >= 4 is 5.69 Å². The smallest absolute Gasteiger partial charge is 0.176 e. The van der Waals surface area contributed by atoms with Gasteiger partial charge in [-0.05, 0) is 17.7 Å². The summed E-state index contributed by atoms with van der Waals surface area (Å²) in [6, 6.07) is 7.56. The van der Waals surface area contributed by atoms with Crippen molar-refractivity contribution < 1.29 is 4.84 Å². The number of nitrogens with one attached hydrogen (secondary N) is 1. The summed E-state index contributed by atoms with van der Waals surface area (Å²) in [4.78, 5) is 4.88. The molecule has 1 aliphatic rings. The molecule has 1 radical (unpaired) electrons. The molecule has 1 aromatic rings. The van der Waals surface area contributed by atoms with Crippen LogP contribution >= 0.6 is 0 Å². The fourth-order valence-corrected chi connectivity index (χ4v) is 0.757. The topological polar surface area (TPSA) is 35.4 Å². The highest BCUT2D eigenvalue weighted by molar-refractivity contribution is 5.51. The van der Waals surface area contributed by atoms with Gasteiger partial charge in [-0.15, -0.1) is 0 Å². The van der Waals surface area contributed by atoms with Crippen molar-refractivity contribution in [1.82, 2.24) is 11.0 Å². The lowest BCUT2D eigenvalue weighted by atomic mass is 10.3. The number of nitrogens with zero attached hydrogens (tertiary/aromatic N) is 1. The molecule has 0 saturated heterocycles. The maximum Gasteiger partial charge on any atom is 0.176 e. The molecule has 0 unspecified atom stereocenters. The van der Waals surface area contributed by atoms with Crippen LogP contribution in [-0.2, 0) is 0 Å². The fraction of sp³-hybridized carbons (Fsp3) is 0. The van der Waals surface area contributed by atoms with E-state index in [1.807, 2.05) is 24.3 Å². The van der Waals surface area contributed by atoms with E-state index in [1.54, 1.807) is 0 Å². The molecule has 1 aromatic carbocycles. The average molecular weight is 121 g/mol. The lowest BCUT2D eigenvalue weighted by molar-refractivity contribution is 0.200. The van der Waals surface area contributed by atoms with Crippen LogP contribution in [0.3, 0.4) is 0 Å². The van der Waals surface area contributed by atoms with Crippen molar-refractivity contribution in [3.63, 3.8) is 0 Å². The van der Waals surface area contributed by atoms with Crippen LogP contribution in [0.4, 0.5) is 5.69 Å². The van der Waals surface area contributed by atoms with E-state index in [1.165, 1.54) is 0 Å². The van der Waals surface area contributed by atoms with Gasteiger partial charge in [-0.25, -0.2) is 0 Å². The van der Waals surface area contributed by atoms with Crippen LogP contribution in [0.5, 0.6) is 5.75 Å². The largest absolute Gasteiger partial charge is 0.385 e. The molecule has 2 rings (SSSR count). The second-order valence-corrected chi connectivity index (χ2v) is 1.77. The van der Waals surface area contributed by atoms with E-state index in [0.29, 0.717) is 0 Å². The summed E-state index contributed by atoms with van der Waals surface area (Å²) in [6.07, 6.45) is 0. The normalized spacial score (nSPS) is 13.8. The quantitative estimate of drug-likeness (QED) is 0.549. The minimum Gasteiger partial charge on any atom is -0.385 e. The van der Waals surface area contributed by atoms with Crippen LogP contribution in [0.25, 0.3) is 0 Å². The Balaban J connectivity index is 2.54. The number of benzene rings is 1. The first-order valence-electron chi connectivity index (χ1n) is 2.68. The number of rotatable bonds is 0. The van der Waals surface area contributed by atoms with Crippen LogP contribution < -0.4 is 15.9 Å². The third-order valence-electron chi connectivity index (χ3n) is 1.19. The molecule has 0 aromatic heterocycles. The van der Waals surface area contributed by atoms with E-state index in [-0.39, 0.29) is 0 Å². The summed E-state index contributed by atoms with van der Waals surface area (Å²) in [5.74, 6) is 0.789. The van der Waals surface area contributed by atoms with Gasteiger partial charge >= 0.3 is 0 Å². The van der Waals surface area contributed by atoms with Gasteiger partial charge in [-0.2, -0.15) is 5.43 Å². The lowest BCUT2D eigenvalue weighted by Gasteiger charge is -1.88. The summed E-state index contributed by atoms with van der Waals surface area (Å²) in [6.45, 7) is 0. The van der Waals surface area contributed by atoms with Gasteiger partial charge in [0.2, 0.25) is 0 Å². The summed E-state index contributed by atoms with van der Waals surface area (Å²) >= 11 is 0. The number of hydrogen-bond acceptors (Lipinski definition) is 2. The highest BCUT2D eigenvalue weighted by Gasteiger charge is 2.09. The molecule has 0 amide bonds. The first-order valence-corrected chi connectivity index (χ1v) is 2.68. The highest BCUT2D eigenvalue weighted by atomic mass is 16.7. The van der Waals surface area contributed by atoms with Crippen molar-refractivity contribution in [3.05, 3.63) is 24.3 Å². The Kier molecular flexibility index (Phi) is 0.841.